The van der Waals surface area contributed by atoms with Gasteiger partial charge in [0, 0.05) is 0 Å². The van der Waals surface area contributed by atoms with E-state index in [4.69, 9.17) is 0 Å². The summed E-state index contributed by atoms with van der Waals surface area (Å²) in [6.45, 7) is 7.10. The number of rotatable bonds is 11. The topological polar surface area (TPSA) is 17.8 Å². The van der Waals surface area contributed by atoms with Crippen molar-refractivity contribution in [3.63, 3.8) is 0 Å². The van der Waals surface area contributed by atoms with Crippen LogP contribution in [0.4, 0.5) is 0 Å². The summed E-state index contributed by atoms with van der Waals surface area (Å²) in [4.78, 5) is 4.41. The number of fused-ring (bicyclic) bond motifs is 1. The van der Waals surface area contributed by atoms with Gasteiger partial charge in [0.05, 0.1) is 0 Å². The zero-order valence-electron chi connectivity index (χ0n) is 18.4. The average Bonchev–Trinajstić information content (AvgIpc) is 3.23. The minimum atomic E-state index is -2.29. The maximum atomic E-state index is 4.41. The summed E-state index contributed by atoms with van der Waals surface area (Å²) < 4.78 is 8.88. The van der Waals surface area contributed by atoms with Gasteiger partial charge in [0.15, 0.2) is 0 Å². The molecule has 3 heteroatoms. The molecule has 2 heterocycles. The summed E-state index contributed by atoms with van der Waals surface area (Å²) in [6, 6.07) is 10.6. The van der Waals surface area contributed by atoms with E-state index in [1.807, 2.05) is 6.33 Å². The van der Waals surface area contributed by atoms with Crippen molar-refractivity contribution in [1.29, 1.82) is 0 Å². The molecule has 1 atom stereocenters. The molecule has 0 radical (unpaired) electrons. The number of nitrogens with zero attached hydrogens (tertiary/aromatic N) is 2. The Morgan fingerprint density at radius 3 is 2.11 bits per heavy atom. The van der Waals surface area contributed by atoms with Crippen LogP contribution in [0.25, 0.3) is 0 Å². The van der Waals surface area contributed by atoms with Crippen molar-refractivity contribution >= 4 is 22.0 Å². The predicted octanol–water partition coefficient (Wildman–Crippen LogP) is 6.86. The monoisotopic (exact) mass is 488 g/mol. The Hall–Kier alpha value is -0.771. The normalized spacial score (nSPS) is 16.9. The van der Waals surface area contributed by atoms with Crippen molar-refractivity contribution in [1.82, 2.24) is 9.55 Å². The maximum absolute atomic E-state index is 4.41. The predicted molar refractivity (Wildman–Crippen MR) is 124 cm³/mol. The van der Waals surface area contributed by atoms with Gasteiger partial charge in [-0.2, -0.15) is 0 Å². The van der Waals surface area contributed by atoms with Gasteiger partial charge in [0.25, 0.3) is 0 Å². The second-order valence-electron chi connectivity index (χ2n) is 8.91. The molecular weight excluding hydrogens is 447 g/mol. The summed E-state index contributed by atoms with van der Waals surface area (Å²) in [7, 11) is 0. The van der Waals surface area contributed by atoms with Gasteiger partial charge in [0.1, 0.15) is 0 Å². The molecule has 1 aliphatic rings. The van der Waals surface area contributed by atoms with E-state index in [0.717, 1.165) is 0 Å². The third-order valence-corrected chi connectivity index (χ3v) is 22.6. The van der Waals surface area contributed by atoms with Gasteiger partial charge >= 0.3 is 177 Å². The summed E-state index contributed by atoms with van der Waals surface area (Å²) in [5.41, 5.74) is 2.90. The number of hydrogen-bond donors (Lipinski definition) is 0. The molecule has 154 valence electrons. The van der Waals surface area contributed by atoms with Crippen LogP contribution in [0.2, 0.25) is 13.3 Å². The molecule has 0 saturated carbocycles. The van der Waals surface area contributed by atoms with Gasteiger partial charge in [0.2, 0.25) is 0 Å². The van der Waals surface area contributed by atoms with E-state index in [-0.39, 0.29) is 0 Å². The van der Waals surface area contributed by atoms with Crippen LogP contribution in [-0.4, -0.2) is 27.9 Å². The molecule has 0 aliphatic carbocycles. The minimum absolute atomic E-state index is 0.492. The Balaban J connectivity index is 1.86. The molecule has 0 N–H and O–H groups in total. The summed E-state index contributed by atoms with van der Waals surface area (Å²) >= 11 is -2.29. The molecule has 0 amide bonds. The molecule has 3 rings (SSSR count). The van der Waals surface area contributed by atoms with E-state index >= 15 is 0 Å². The fraction of sp³-hybridized carbons (Fsp3) is 0.640. The van der Waals surface area contributed by atoms with Crippen LogP contribution in [0, 0.1) is 0 Å². The van der Waals surface area contributed by atoms with Crippen molar-refractivity contribution in [3.05, 3.63) is 48.0 Å². The first-order valence-electron chi connectivity index (χ1n) is 11.8. The van der Waals surface area contributed by atoms with Crippen LogP contribution >= 0.6 is 0 Å². The quantitative estimate of drug-likeness (QED) is 0.317. The van der Waals surface area contributed by atoms with Crippen LogP contribution in [0.5, 0.6) is 0 Å². The van der Waals surface area contributed by atoms with Crippen molar-refractivity contribution in [2.45, 2.75) is 97.9 Å². The van der Waals surface area contributed by atoms with Gasteiger partial charge in [-0.25, -0.2) is 0 Å². The molecule has 1 aromatic heterocycles. The Bertz CT molecular complexity index is 682. The molecule has 0 fully saturated rings. The van der Waals surface area contributed by atoms with Crippen LogP contribution in [0.15, 0.2) is 36.8 Å². The van der Waals surface area contributed by atoms with Crippen LogP contribution in [0.1, 0.15) is 89.4 Å². The number of benzene rings is 1. The molecule has 0 bridgehead atoms. The second-order valence-corrected chi connectivity index (χ2v) is 22.2. The van der Waals surface area contributed by atoms with Gasteiger partial charge < -0.3 is 0 Å². The van der Waals surface area contributed by atoms with Crippen molar-refractivity contribution in [2.75, 3.05) is 0 Å². The summed E-state index contributed by atoms with van der Waals surface area (Å²) in [5, 5.41) is 0. The Kier molecular flexibility index (Phi) is 8.49. The molecule has 1 aliphatic heterocycles. The SMILES string of the molecule is CCC[CH2][Sn]([CH2]CCC)([CH2]CCC)[c]1ccc(C2CCCc3cncn32)cc1. The first kappa shape index (κ1) is 21.9. The zero-order valence-corrected chi connectivity index (χ0v) is 21.3. The molecule has 1 aromatic carbocycles. The first-order valence-corrected chi connectivity index (χ1v) is 19.3. The van der Waals surface area contributed by atoms with Gasteiger partial charge in [-0.1, -0.05) is 0 Å². The number of aryl methyl sites for hydroxylation is 1. The molecular formula is C25H40N2Sn. The standard InChI is InChI=1S/C13H13N2.3C4H9.Sn/c1-2-5-11(6-3-1)13-8-4-7-12-9-14-10-15(12)13;3*1-3-4-2;/h2-3,5-6,9-10,13H,4,7-8H2;3*1,3-4H2,2H3;. The van der Waals surface area contributed by atoms with Gasteiger partial charge in [-0.3, -0.25) is 0 Å². The number of unbranched alkanes of at least 4 members (excludes halogenated alkanes) is 3. The Morgan fingerprint density at radius 2 is 1.54 bits per heavy atom. The first-order chi connectivity index (χ1) is 13.7. The van der Waals surface area contributed by atoms with E-state index in [9.17, 15) is 0 Å². The average molecular weight is 487 g/mol. The van der Waals surface area contributed by atoms with E-state index in [0.29, 0.717) is 6.04 Å². The number of aromatic nitrogens is 2. The van der Waals surface area contributed by atoms with Crippen LogP contribution in [0.3, 0.4) is 0 Å². The van der Waals surface area contributed by atoms with Crippen LogP contribution < -0.4 is 3.58 Å². The summed E-state index contributed by atoms with van der Waals surface area (Å²) in [5.74, 6) is 0. The second kappa shape index (κ2) is 10.8. The van der Waals surface area contributed by atoms with Crippen molar-refractivity contribution < 1.29 is 0 Å². The van der Waals surface area contributed by atoms with Gasteiger partial charge in [-0.05, 0) is 0 Å². The van der Waals surface area contributed by atoms with Gasteiger partial charge in [-0.15, -0.1) is 0 Å². The fourth-order valence-electron chi connectivity index (χ4n) is 5.16. The van der Waals surface area contributed by atoms with Crippen molar-refractivity contribution in [2.24, 2.45) is 0 Å². The fourth-order valence-corrected chi connectivity index (χ4v) is 21.1. The number of imidazole rings is 1. The molecule has 0 spiro atoms. The van der Waals surface area contributed by atoms with E-state index < -0.39 is 18.4 Å². The third kappa shape index (κ3) is 5.04. The Labute approximate surface area is 177 Å². The third-order valence-electron chi connectivity index (χ3n) is 6.93. The molecule has 0 saturated heterocycles. The van der Waals surface area contributed by atoms with E-state index in [1.165, 1.54) is 69.0 Å². The zero-order chi connectivity index (χ0) is 19.8. The molecule has 2 aromatic rings. The van der Waals surface area contributed by atoms with E-state index in [1.54, 1.807) is 16.9 Å². The molecule has 1 unspecified atom stereocenters. The summed E-state index contributed by atoms with van der Waals surface area (Å²) in [6.07, 6.45) is 16.2. The Morgan fingerprint density at radius 1 is 0.929 bits per heavy atom. The van der Waals surface area contributed by atoms with E-state index in [2.05, 4.69) is 60.8 Å². The molecule has 28 heavy (non-hydrogen) atoms. The van der Waals surface area contributed by atoms with Crippen LogP contribution in [-0.2, 0) is 6.42 Å². The molecule has 2 nitrogen and oxygen atoms in total. The van der Waals surface area contributed by atoms with Crippen molar-refractivity contribution in [3.8, 4) is 0 Å². The number of hydrogen-bond acceptors (Lipinski definition) is 1.